The minimum Gasteiger partial charge on any atom is -0.450 e. The number of carbonyl (C=O) groups excluding carboxylic acids is 2. The summed E-state index contributed by atoms with van der Waals surface area (Å²) in [7, 11) is 0. The Morgan fingerprint density at radius 1 is 1.25 bits per heavy atom. The van der Waals surface area contributed by atoms with E-state index in [1.165, 1.54) is 0 Å². The summed E-state index contributed by atoms with van der Waals surface area (Å²) in [6.45, 7) is 3.50. The number of carbonyl (C=O) groups is 2. The SMILES string of the molecule is CCOC(=O)N1CCC(NC(=O)C2CCC(N)C2)CC1. The molecule has 3 N–H and O–H groups in total. The Morgan fingerprint density at radius 2 is 1.95 bits per heavy atom. The molecule has 1 aliphatic heterocycles. The number of rotatable bonds is 3. The molecule has 2 amide bonds. The van der Waals surface area contributed by atoms with Gasteiger partial charge in [0.25, 0.3) is 0 Å². The average Bonchev–Trinajstić information content (AvgIpc) is 2.86. The Bertz CT molecular complexity index is 354. The maximum atomic E-state index is 12.1. The third-order valence-corrected chi connectivity index (χ3v) is 4.21. The van der Waals surface area contributed by atoms with Crippen molar-refractivity contribution in [2.75, 3.05) is 19.7 Å². The quantitative estimate of drug-likeness (QED) is 0.804. The molecule has 0 spiro atoms. The molecule has 0 radical (unpaired) electrons. The van der Waals surface area contributed by atoms with Gasteiger partial charge in [-0.15, -0.1) is 0 Å². The van der Waals surface area contributed by atoms with E-state index in [9.17, 15) is 9.59 Å². The molecule has 2 rings (SSSR count). The normalized spacial score (nSPS) is 27.4. The molecule has 114 valence electrons. The highest BCUT2D eigenvalue weighted by Crippen LogP contribution is 2.24. The van der Waals surface area contributed by atoms with Crippen molar-refractivity contribution in [3.63, 3.8) is 0 Å². The van der Waals surface area contributed by atoms with Crippen LogP contribution in [0.2, 0.25) is 0 Å². The molecule has 2 unspecified atom stereocenters. The lowest BCUT2D eigenvalue weighted by Gasteiger charge is -2.32. The molecule has 0 aromatic heterocycles. The molecular weight excluding hydrogens is 258 g/mol. The molecule has 6 heteroatoms. The van der Waals surface area contributed by atoms with Crippen LogP contribution < -0.4 is 11.1 Å². The maximum absolute atomic E-state index is 12.1. The predicted molar refractivity (Wildman–Crippen MR) is 75.1 cm³/mol. The number of piperidine rings is 1. The second kappa shape index (κ2) is 6.92. The highest BCUT2D eigenvalue weighted by atomic mass is 16.6. The fraction of sp³-hybridized carbons (Fsp3) is 0.857. The van der Waals surface area contributed by atoms with Crippen LogP contribution in [0.5, 0.6) is 0 Å². The number of hydrogen-bond donors (Lipinski definition) is 2. The van der Waals surface area contributed by atoms with E-state index in [0.717, 1.165) is 32.1 Å². The van der Waals surface area contributed by atoms with Crippen LogP contribution in [-0.4, -0.2) is 48.7 Å². The third kappa shape index (κ3) is 3.85. The van der Waals surface area contributed by atoms with E-state index in [4.69, 9.17) is 10.5 Å². The van der Waals surface area contributed by atoms with Gasteiger partial charge in [-0.2, -0.15) is 0 Å². The van der Waals surface area contributed by atoms with Crippen LogP contribution in [0.1, 0.15) is 39.0 Å². The fourth-order valence-electron chi connectivity index (χ4n) is 2.99. The van der Waals surface area contributed by atoms with E-state index in [1.54, 1.807) is 11.8 Å². The van der Waals surface area contributed by atoms with Crippen LogP contribution in [0, 0.1) is 5.92 Å². The number of hydrogen-bond acceptors (Lipinski definition) is 4. The highest BCUT2D eigenvalue weighted by Gasteiger charge is 2.30. The number of nitrogens with two attached hydrogens (primary N) is 1. The van der Waals surface area contributed by atoms with E-state index >= 15 is 0 Å². The minimum absolute atomic E-state index is 0.0769. The molecule has 0 aromatic rings. The number of likely N-dealkylation sites (tertiary alicyclic amines) is 1. The summed E-state index contributed by atoms with van der Waals surface area (Å²) in [5.41, 5.74) is 5.84. The van der Waals surface area contributed by atoms with Gasteiger partial charge in [-0.1, -0.05) is 0 Å². The lowest BCUT2D eigenvalue weighted by Crippen LogP contribution is -2.47. The first-order valence-corrected chi connectivity index (χ1v) is 7.57. The van der Waals surface area contributed by atoms with Crippen molar-refractivity contribution in [3.05, 3.63) is 0 Å². The van der Waals surface area contributed by atoms with Gasteiger partial charge in [-0.3, -0.25) is 4.79 Å². The van der Waals surface area contributed by atoms with E-state index < -0.39 is 0 Å². The number of nitrogens with zero attached hydrogens (tertiary/aromatic N) is 1. The molecule has 1 saturated heterocycles. The summed E-state index contributed by atoms with van der Waals surface area (Å²) in [6, 6.07) is 0.349. The van der Waals surface area contributed by atoms with Gasteiger partial charge in [0.1, 0.15) is 0 Å². The van der Waals surface area contributed by atoms with E-state index in [0.29, 0.717) is 19.7 Å². The average molecular weight is 283 g/mol. The lowest BCUT2D eigenvalue weighted by molar-refractivity contribution is -0.125. The summed E-state index contributed by atoms with van der Waals surface area (Å²) >= 11 is 0. The van der Waals surface area contributed by atoms with Crippen LogP contribution in [0.15, 0.2) is 0 Å². The first-order valence-electron chi connectivity index (χ1n) is 7.57. The van der Waals surface area contributed by atoms with Gasteiger partial charge in [-0.25, -0.2) is 4.79 Å². The molecule has 1 saturated carbocycles. The zero-order chi connectivity index (χ0) is 14.5. The minimum atomic E-state index is -0.251. The number of amides is 2. The lowest BCUT2D eigenvalue weighted by atomic mass is 10.0. The Kier molecular flexibility index (Phi) is 5.23. The van der Waals surface area contributed by atoms with Crippen molar-refractivity contribution in [2.45, 2.75) is 51.1 Å². The van der Waals surface area contributed by atoms with Crippen molar-refractivity contribution in [2.24, 2.45) is 11.7 Å². The van der Waals surface area contributed by atoms with Crippen molar-refractivity contribution in [1.82, 2.24) is 10.2 Å². The van der Waals surface area contributed by atoms with Gasteiger partial charge in [0, 0.05) is 31.1 Å². The van der Waals surface area contributed by atoms with Crippen LogP contribution in [0.3, 0.4) is 0 Å². The van der Waals surface area contributed by atoms with Gasteiger partial charge in [0.15, 0.2) is 0 Å². The monoisotopic (exact) mass is 283 g/mol. The summed E-state index contributed by atoms with van der Waals surface area (Å²) in [5, 5.41) is 3.10. The van der Waals surface area contributed by atoms with Crippen LogP contribution in [0.25, 0.3) is 0 Å². The zero-order valence-corrected chi connectivity index (χ0v) is 12.1. The van der Waals surface area contributed by atoms with Gasteiger partial charge in [0.2, 0.25) is 5.91 Å². The van der Waals surface area contributed by atoms with Crippen molar-refractivity contribution >= 4 is 12.0 Å². The predicted octanol–water partition coefficient (Wildman–Crippen LogP) is 0.851. The van der Waals surface area contributed by atoms with Gasteiger partial charge < -0.3 is 20.7 Å². The molecule has 6 nitrogen and oxygen atoms in total. The Labute approximate surface area is 120 Å². The highest BCUT2D eigenvalue weighted by molar-refractivity contribution is 5.79. The summed E-state index contributed by atoms with van der Waals surface area (Å²) in [4.78, 5) is 25.4. The summed E-state index contributed by atoms with van der Waals surface area (Å²) < 4.78 is 4.98. The standard InChI is InChI=1S/C14H25N3O3/c1-2-20-14(19)17-7-5-12(6-8-17)16-13(18)10-3-4-11(15)9-10/h10-12H,2-9,15H2,1H3,(H,16,18). The molecule has 1 heterocycles. The maximum Gasteiger partial charge on any atom is 0.409 e. The van der Waals surface area contributed by atoms with Crippen LogP contribution in [-0.2, 0) is 9.53 Å². The van der Waals surface area contributed by atoms with Gasteiger partial charge in [-0.05, 0) is 39.0 Å². The van der Waals surface area contributed by atoms with E-state index in [-0.39, 0.29) is 30.0 Å². The van der Waals surface area contributed by atoms with Crippen LogP contribution >= 0.6 is 0 Å². The fourth-order valence-corrected chi connectivity index (χ4v) is 2.99. The topological polar surface area (TPSA) is 84.7 Å². The molecular formula is C14H25N3O3. The van der Waals surface area contributed by atoms with Crippen LogP contribution in [0.4, 0.5) is 4.79 Å². The molecule has 2 aliphatic rings. The summed E-state index contributed by atoms with van der Waals surface area (Å²) in [6.07, 6.45) is 3.98. The molecule has 1 aliphatic carbocycles. The first kappa shape index (κ1) is 15.1. The van der Waals surface area contributed by atoms with E-state index in [2.05, 4.69) is 5.32 Å². The molecule has 0 aromatic carbocycles. The molecule has 2 fully saturated rings. The van der Waals surface area contributed by atoms with Crippen molar-refractivity contribution in [1.29, 1.82) is 0 Å². The number of nitrogens with one attached hydrogen (secondary N) is 1. The molecule has 20 heavy (non-hydrogen) atoms. The van der Waals surface area contributed by atoms with Gasteiger partial charge in [0.05, 0.1) is 6.61 Å². The first-order chi connectivity index (χ1) is 9.60. The number of ether oxygens (including phenoxy) is 1. The van der Waals surface area contributed by atoms with E-state index in [1.807, 2.05) is 0 Å². The second-order valence-electron chi connectivity index (χ2n) is 5.74. The Hall–Kier alpha value is -1.30. The van der Waals surface area contributed by atoms with Gasteiger partial charge >= 0.3 is 6.09 Å². The Balaban J connectivity index is 1.71. The van der Waals surface area contributed by atoms with Crippen molar-refractivity contribution in [3.8, 4) is 0 Å². The molecule has 2 atom stereocenters. The third-order valence-electron chi connectivity index (χ3n) is 4.21. The Morgan fingerprint density at radius 3 is 2.50 bits per heavy atom. The van der Waals surface area contributed by atoms with Crippen molar-refractivity contribution < 1.29 is 14.3 Å². The zero-order valence-electron chi connectivity index (χ0n) is 12.1. The smallest absolute Gasteiger partial charge is 0.409 e. The summed E-state index contributed by atoms with van der Waals surface area (Å²) in [5.74, 6) is 0.209. The molecule has 0 bridgehead atoms. The largest absolute Gasteiger partial charge is 0.450 e. The second-order valence-corrected chi connectivity index (χ2v) is 5.74.